The van der Waals surface area contributed by atoms with Crippen molar-refractivity contribution in [1.82, 2.24) is 9.88 Å². The third kappa shape index (κ3) is 4.13. The summed E-state index contributed by atoms with van der Waals surface area (Å²) in [6.07, 6.45) is 2.05. The van der Waals surface area contributed by atoms with Crippen LogP contribution in [0.4, 0.5) is 5.69 Å². The molecule has 0 bridgehead atoms. The molecule has 24 heavy (non-hydrogen) atoms. The number of aliphatic hydroxyl groups excluding tert-OH is 1. The number of β-amino-alcohol motifs (C(OH)–C–C–N with tert-alkyl or cyclic N) is 1. The molecule has 1 aliphatic rings. The van der Waals surface area contributed by atoms with Gasteiger partial charge in [0, 0.05) is 37.1 Å². The summed E-state index contributed by atoms with van der Waals surface area (Å²) in [6, 6.07) is 7.58. The van der Waals surface area contributed by atoms with Gasteiger partial charge in [-0.2, -0.15) is 0 Å². The van der Waals surface area contributed by atoms with Gasteiger partial charge < -0.3 is 15.3 Å². The quantitative estimate of drug-likeness (QED) is 0.874. The molecule has 0 saturated carbocycles. The Bertz CT molecular complexity index is 701. The highest BCUT2D eigenvalue weighted by Crippen LogP contribution is 2.20. The van der Waals surface area contributed by atoms with Crippen molar-refractivity contribution in [3.8, 4) is 0 Å². The van der Waals surface area contributed by atoms with Gasteiger partial charge in [0.05, 0.1) is 22.4 Å². The number of anilines is 1. The highest BCUT2D eigenvalue weighted by atomic mass is 32.1. The number of carbonyl (C=O) groups is 1. The van der Waals surface area contributed by atoms with Crippen LogP contribution in [0.25, 0.3) is 0 Å². The Morgan fingerprint density at radius 2 is 2.29 bits per heavy atom. The maximum atomic E-state index is 12.8. The number of benzene rings is 1. The van der Waals surface area contributed by atoms with E-state index >= 15 is 0 Å². The lowest BCUT2D eigenvalue weighted by atomic mass is 10.1. The van der Waals surface area contributed by atoms with Crippen molar-refractivity contribution in [2.75, 3.05) is 25.0 Å². The predicted molar refractivity (Wildman–Crippen MR) is 96.6 cm³/mol. The predicted octanol–water partition coefficient (Wildman–Crippen LogP) is 2.70. The van der Waals surface area contributed by atoms with Gasteiger partial charge in [0.15, 0.2) is 0 Å². The molecule has 1 aromatic heterocycles. The van der Waals surface area contributed by atoms with E-state index in [1.165, 1.54) is 0 Å². The average molecular weight is 345 g/mol. The van der Waals surface area contributed by atoms with E-state index in [9.17, 15) is 9.90 Å². The lowest BCUT2D eigenvalue weighted by Gasteiger charge is -2.30. The molecule has 1 aliphatic heterocycles. The van der Waals surface area contributed by atoms with Gasteiger partial charge in [-0.1, -0.05) is 12.1 Å². The normalized spacial score (nSPS) is 17.8. The first-order valence-electron chi connectivity index (χ1n) is 8.35. The van der Waals surface area contributed by atoms with Crippen LogP contribution in [0.2, 0.25) is 0 Å². The smallest absolute Gasteiger partial charge is 0.256 e. The summed E-state index contributed by atoms with van der Waals surface area (Å²) in [6.45, 7) is 3.87. The summed E-state index contributed by atoms with van der Waals surface area (Å²) < 4.78 is 0. The minimum atomic E-state index is -0.407. The molecule has 0 unspecified atom stereocenters. The van der Waals surface area contributed by atoms with Gasteiger partial charge in [0.25, 0.3) is 5.91 Å². The first kappa shape index (κ1) is 16.9. The fourth-order valence-electron chi connectivity index (χ4n) is 2.98. The standard InChI is InChI=1S/C18H23N3O2S/c1-13-20-14(12-24-13)8-9-19-17-7-3-2-6-16(17)18(23)21-10-4-5-15(22)11-21/h2-3,6-7,12,15,19,22H,4-5,8-11H2,1H3/t15-/m1/s1. The summed E-state index contributed by atoms with van der Waals surface area (Å²) in [7, 11) is 0. The number of thiazole rings is 1. The Hall–Kier alpha value is -1.92. The van der Waals surface area contributed by atoms with E-state index in [-0.39, 0.29) is 5.91 Å². The molecule has 6 heteroatoms. The van der Waals surface area contributed by atoms with Crippen LogP contribution < -0.4 is 5.32 Å². The van der Waals surface area contributed by atoms with Crippen LogP contribution in [-0.2, 0) is 6.42 Å². The third-order valence-corrected chi connectivity index (χ3v) is 5.03. The summed E-state index contributed by atoms with van der Waals surface area (Å²) in [5, 5.41) is 16.3. The second kappa shape index (κ2) is 7.77. The zero-order chi connectivity index (χ0) is 16.9. The van der Waals surface area contributed by atoms with E-state index in [0.717, 1.165) is 42.2 Å². The molecule has 1 aromatic carbocycles. The van der Waals surface area contributed by atoms with Crippen LogP contribution in [0, 0.1) is 6.92 Å². The minimum Gasteiger partial charge on any atom is -0.391 e. The molecule has 0 spiro atoms. The van der Waals surface area contributed by atoms with E-state index in [1.54, 1.807) is 16.2 Å². The summed E-state index contributed by atoms with van der Waals surface area (Å²) >= 11 is 1.65. The third-order valence-electron chi connectivity index (χ3n) is 4.20. The van der Waals surface area contributed by atoms with E-state index in [2.05, 4.69) is 15.7 Å². The molecule has 1 saturated heterocycles. The molecule has 2 heterocycles. The number of piperidine rings is 1. The van der Waals surface area contributed by atoms with Crippen LogP contribution in [0.1, 0.15) is 33.9 Å². The minimum absolute atomic E-state index is 0.0126. The van der Waals surface area contributed by atoms with Gasteiger partial charge in [-0.05, 0) is 31.9 Å². The number of aromatic nitrogens is 1. The Morgan fingerprint density at radius 1 is 1.46 bits per heavy atom. The summed E-state index contributed by atoms with van der Waals surface area (Å²) in [4.78, 5) is 19.0. The summed E-state index contributed by atoms with van der Waals surface area (Å²) in [5.41, 5.74) is 2.59. The number of aryl methyl sites for hydroxylation is 1. The van der Waals surface area contributed by atoms with Crippen molar-refractivity contribution in [3.63, 3.8) is 0 Å². The van der Waals surface area contributed by atoms with Gasteiger partial charge in [-0.15, -0.1) is 11.3 Å². The average Bonchev–Trinajstić information content (AvgIpc) is 3.00. The Morgan fingerprint density at radius 3 is 3.04 bits per heavy atom. The van der Waals surface area contributed by atoms with E-state index < -0.39 is 6.10 Å². The van der Waals surface area contributed by atoms with E-state index in [4.69, 9.17) is 0 Å². The number of carbonyl (C=O) groups excluding carboxylic acids is 1. The summed E-state index contributed by atoms with van der Waals surface area (Å²) in [5.74, 6) is -0.0126. The number of aliphatic hydroxyl groups is 1. The number of hydrogen-bond donors (Lipinski definition) is 2. The molecule has 128 valence electrons. The van der Waals surface area contributed by atoms with Crippen LogP contribution >= 0.6 is 11.3 Å². The fraction of sp³-hybridized carbons (Fsp3) is 0.444. The first-order valence-corrected chi connectivity index (χ1v) is 9.22. The Labute approximate surface area is 146 Å². The number of hydrogen-bond acceptors (Lipinski definition) is 5. The topological polar surface area (TPSA) is 65.5 Å². The lowest BCUT2D eigenvalue weighted by Crippen LogP contribution is -2.42. The van der Waals surface area contributed by atoms with Crippen molar-refractivity contribution in [3.05, 3.63) is 45.9 Å². The van der Waals surface area contributed by atoms with E-state index in [0.29, 0.717) is 18.7 Å². The maximum Gasteiger partial charge on any atom is 0.256 e. The number of para-hydroxylation sites is 1. The highest BCUT2D eigenvalue weighted by molar-refractivity contribution is 7.09. The van der Waals surface area contributed by atoms with Gasteiger partial charge in [-0.3, -0.25) is 4.79 Å². The number of rotatable bonds is 5. The van der Waals surface area contributed by atoms with Crippen molar-refractivity contribution in [1.29, 1.82) is 0 Å². The number of likely N-dealkylation sites (tertiary alicyclic amines) is 1. The molecule has 1 amide bonds. The highest BCUT2D eigenvalue weighted by Gasteiger charge is 2.24. The molecule has 2 aromatic rings. The molecular formula is C18H23N3O2S. The van der Waals surface area contributed by atoms with Gasteiger partial charge in [0.1, 0.15) is 0 Å². The number of nitrogens with one attached hydrogen (secondary N) is 1. The molecule has 2 N–H and O–H groups in total. The van der Waals surface area contributed by atoms with Crippen molar-refractivity contribution >= 4 is 22.9 Å². The second-order valence-corrected chi connectivity index (χ2v) is 7.19. The Kier molecular flexibility index (Phi) is 5.48. The second-order valence-electron chi connectivity index (χ2n) is 6.13. The maximum absolute atomic E-state index is 12.8. The number of nitrogens with zero attached hydrogens (tertiary/aromatic N) is 2. The van der Waals surface area contributed by atoms with Crippen molar-refractivity contribution < 1.29 is 9.90 Å². The zero-order valence-corrected chi connectivity index (χ0v) is 14.7. The van der Waals surface area contributed by atoms with Crippen LogP contribution in [0.15, 0.2) is 29.6 Å². The van der Waals surface area contributed by atoms with E-state index in [1.807, 2.05) is 31.2 Å². The Balaban J connectivity index is 1.64. The molecule has 1 fully saturated rings. The van der Waals surface area contributed by atoms with Gasteiger partial charge >= 0.3 is 0 Å². The van der Waals surface area contributed by atoms with Crippen LogP contribution in [0.3, 0.4) is 0 Å². The molecule has 3 rings (SSSR count). The molecule has 0 aliphatic carbocycles. The molecule has 5 nitrogen and oxygen atoms in total. The molecule has 1 atom stereocenters. The van der Waals surface area contributed by atoms with Crippen LogP contribution in [-0.4, -0.2) is 46.6 Å². The monoisotopic (exact) mass is 345 g/mol. The fourth-order valence-corrected chi connectivity index (χ4v) is 3.63. The van der Waals surface area contributed by atoms with Gasteiger partial charge in [0.2, 0.25) is 0 Å². The largest absolute Gasteiger partial charge is 0.391 e. The van der Waals surface area contributed by atoms with Crippen LogP contribution in [0.5, 0.6) is 0 Å². The SMILES string of the molecule is Cc1nc(CCNc2ccccc2C(=O)N2CCC[C@@H](O)C2)cs1. The molecular weight excluding hydrogens is 322 g/mol. The molecule has 0 radical (unpaired) electrons. The zero-order valence-electron chi connectivity index (χ0n) is 13.9. The van der Waals surface area contributed by atoms with Crippen molar-refractivity contribution in [2.45, 2.75) is 32.3 Å². The first-order chi connectivity index (χ1) is 11.6. The van der Waals surface area contributed by atoms with Crippen molar-refractivity contribution in [2.24, 2.45) is 0 Å². The lowest BCUT2D eigenvalue weighted by molar-refractivity contribution is 0.0474. The van der Waals surface area contributed by atoms with Gasteiger partial charge in [-0.25, -0.2) is 4.98 Å². The number of amides is 1.